The van der Waals surface area contributed by atoms with Gasteiger partial charge in [0.1, 0.15) is 11.2 Å². The highest BCUT2D eigenvalue weighted by Crippen LogP contribution is 2.30. The van der Waals surface area contributed by atoms with E-state index < -0.39 is 23.4 Å². The number of nitrogen functional groups attached to an aromatic ring is 1. The van der Waals surface area contributed by atoms with Crippen molar-refractivity contribution in [3.8, 4) is 0 Å². The summed E-state index contributed by atoms with van der Waals surface area (Å²) in [6.45, 7) is 13.9. The summed E-state index contributed by atoms with van der Waals surface area (Å²) in [4.78, 5) is 30.0. The number of benzene rings is 1. The molecule has 182 valence electrons. The van der Waals surface area contributed by atoms with Crippen molar-refractivity contribution in [1.82, 2.24) is 14.7 Å². The number of aromatic nitrogens is 2. The average molecular weight is 460 g/mol. The first-order valence-corrected chi connectivity index (χ1v) is 11.6. The number of likely N-dealkylation sites (tertiary alicyclic amines) is 1. The van der Waals surface area contributed by atoms with Gasteiger partial charge in [-0.15, -0.1) is 5.10 Å². The zero-order chi connectivity index (χ0) is 24.4. The molecule has 3 rings (SSSR count). The summed E-state index contributed by atoms with van der Waals surface area (Å²) in [5, 5.41) is 5.15. The van der Waals surface area contributed by atoms with Crippen molar-refractivity contribution in [2.45, 2.75) is 72.0 Å². The lowest BCUT2D eigenvalue weighted by atomic mass is 10.1. The second-order valence-electron chi connectivity index (χ2n) is 10.5. The fourth-order valence-electron chi connectivity index (χ4n) is 3.78. The van der Waals surface area contributed by atoms with Crippen molar-refractivity contribution in [1.29, 1.82) is 0 Å². The Hall–Kier alpha value is -2.81. The van der Waals surface area contributed by atoms with Gasteiger partial charge in [-0.25, -0.2) is 9.59 Å². The number of fused-ring (bicyclic) bond motifs is 1. The molecule has 0 radical (unpaired) electrons. The van der Waals surface area contributed by atoms with E-state index in [0.717, 1.165) is 25.9 Å². The van der Waals surface area contributed by atoms with Gasteiger partial charge in [0, 0.05) is 24.2 Å². The molecular weight excluding hydrogens is 422 g/mol. The van der Waals surface area contributed by atoms with Crippen molar-refractivity contribution in [2.24, 2.45) is 0 Å². The van der Waals surface area contributed by atoms with Crippen LogP contribution in [0.4, 0.5) is 21.1 Å². The van der Waals surface area contributed by atoms with Gasteiger partial charge in [-0.2, -0.15) is 4.68 Å². The van der Waals surface area contributed by atoms with E-state index in [4.69, 9.17) is 15.2 Å². The van der Waals surface area contributed by atoms with Gasteiger partial charge in [0.25, 0.3) is 0 Å². The third-order valence-electron chi connectivity index (χ3n) is 5.21. The van der Waals surface area contributed by atoms with Crippen LogP contribution in [0.3, 0.4) is 0 Å². The summed E-state index contributed by atoms with van der Waals surface area (Å²) >= 11 is 0. The molecule has 1 amide bonds. The van der Waals surface area contributed by atoms with E-state index in [1.165, 1.54) is 16.0 Å². The maximum absolute atomic E-state index is 13.2. The highest BCUT2D eigenvalue weighted by molar-refractivity contribution is 6.02. The van der Waals surface area contributed by atoms with E-state index in [1.54, 1.807) is 39.0 Å². The van der Waals surface area contributed by atoms with Crippen molar-refractivity contribution in [2.75, 3.05) is 36.8 Å². The second kappa shape index (κ2) is 9.59. The number of anilines is 2. The van der Waals surface area contributed by atoms with E-state index in [0.29, 0.717) is 35.5 Å². The van der Waals surface area contributed by atoms with Crippen molar-refractivity contribution < 1.29 is 19.1 Å². The molecule has 2 aromatic rings. The van der Waals surface area contributed by atoms with Crippen LogP contribution in [-0.4, -0.2) is 64.2 Å². The summed E-state index contributed by atoms with van der Waals surface area (Å²) in [5.41, 5.74) is 5.59. The molecular formula is C24H37N5O4. The Bertz CT molecular complexity index is 997. The second-order valence-corrected chi connectivity index (χ2v) is 10.5. The SMILES string of the molecule is CC(C)(C)OC(=O)N(CCN1CCCCC1)c1nn(C(=O)OC(C)(C)C)c2cc(N)ccc12. The minimum absolute atomic E-state index is 0.349. The number of ether oxygens (including phenoxy) is 2. The van der Waals surface area contributed by atoms with E-state index >= 15 is 0 Å². The molecule has 1 fully saturated rings. The van der Waals surface area contributed by atoms with Crippen LogP contribution in [0.1, 0.15) is 60.8 Å². The van der Waals surface area contributed by atoms with Gasteiger partial charge >= 0.3 is 12.2 Å². The predicted molar refractivity (Wildman–Crippen MR) is 130 cm³/mol. The number of rotatable bonds is 4. The number of carbonyl (C=O) groups excluding carboxylic acids is 2. The molecule has 1 aliphatic rings. The van der Waals surface area contributed by atoms with Crippen LogP contribution < -0.4 is 10.6 Å². The van der Waals surface area contributed by atoms with E-state index in [9.17, 15) is 9.59 Å². The van der Waals surface area contributed by atoms with Crippen molar-refractivity contribution in [3.05, 3.63) is 18.2 Å². The largest absolute Gasteiger partial charge is 0.443 e. The number of nitrogens with two attached hydrogens (primary N) is 1. The molecule has 2 heterocycles. The lowest BCUT2D eigenvalue weighted by molar-refractivity contribution is 0.0514. The maximum atomic E-state index is 13.2. The Balaban J connectivity index is 2.02. The first-order valence-electron chi connectivity index (χ1n) is 11.6. The zero-order valence-corrected chi connectivity index (χ0v) is 20.7. The standard InChI is InChI=1S/C24H37N5O4/c1-23(2,3)32-21(30)28(15-14-27-12-8-7-9-13-27)20-18-11-10-17(25)16-19(18)29(26-20)22(31)33-24(4,5)6/h10-11,16H,7-9,12-15,25H2,1-6H3. The third-order valence-corrected chi connectivity index (χ3v) is 5.21. The molecule has 33 heavy (non-hydrogen) atoms. The van der Waals surface area contributed by atoms with Crippen LogP contribution >= 0.6 is 0 Å². The molecule has 1 aromatic carbocycles. The lowest BCUT2D eigenvalue weighted by Gasteiger charge is -2.30. The lowest BCUT2D eigenvalue weighted by Crippen LogP contribution is -2.43. The molecule has 0 spiro atoms. The van der Waals surface area contributed by atoms with Crippen LogP contribution in [0.25, 0.3) is 10.9 Å². The summed E-state index contributed by atoms with van der Waals surface area (Å²) in [5.74, 6) is 0.349. The van der Waals surface area contributed by atoms with Crippen LogP contribution in [-0.2, 0) is 9.47 Å². The molecule has 1 saturated heterocycles. The van der Waals surface area contributed by atoms with Gasteiger partial charge in [-0.1, -0.05) is 6.42 Å². The topological polar surface area (TPSA) is 103 Å². The zero-order valence-electron chi connectivity index (χ0n) is 20.7. The third kappa shape index (κ3) is 6.60. The normalized spacial score (nSPS) is 15.5. The van der Waals surface area contributed by atoms with E-state index in [2.05, 4.69) is 10.00 Å². The molecule has 0 unspecified atom stereocenters. The van der Waals surface area contributed by atoms with Crippen LogP contribution in [0.5, 0.6) is 0 Å². The molecule has 0 atom stereocenters. The minimum Gasteiger partial charge on any atom is -0.443 e. The molecule has 0 aliphatic carbocycles. The molecule has 1 aliphatic heterocycles. The van der Waals surface area contributed by atoms with Crippen LogP contribution in [0.15, 0.2) is 18.2 Å². The summed E-state index contributed by atoms with van der Waals surface area (Å²) in [7, 11) is 0. The monoisotopic (exact) mass is 459 g/mol. The number of hydrogen-bond donors (Lipinski definition) is 1. The molecule has 9 nitrogen and oxygen atoms in total. The Morgan fingerprint density at radius 2 is 1.67 bits per heavy atom. The van der Waals surface area contributed by atoms with Gasteiger partial charge in [-0.3, -0.25) is 4.90 Å². The van der Waals surface area contributed by atoms with E-state index in [-0.39, 0.29) is 0 Å². The Labute approximate surface area is 195 Å². The van der Waals surface area contributed by atoms with Gasteiger partial charge in [0.05, 0.1) is 5.52 Å². The fourth-order valence-corrected chi connectivity index (χ4v) is 3.78. The quantitative estimate of drug-likeness (QED) is 0.665. The number of hydrogen-bond acceptors (Lipinski definition) is 7. The molecule has 2 N–H and O–H groups in total. The highest BCUT2D eigenvalue weighted by Gasteiger charge is 2.30. The molecule has 0 bridgehead atoms. The highest BCUT2D eigenvalue weighted by atomic mass is 16.6. The summed E-state index contributed by atoms with van der Waals surface area (Å²) < 4.78 is 12.4. The van der Waals surface area contributed by atoms with Crippen LogP contribution in [0.2, 0.25) is 0 Å². The summed E-state index contributed by atoms with van der Waals surface area (Å²) in [6.07, 6.45) is 2.40. The Morgan fingerprint density at radius 3 is 2.27 bits per heavy atom. The number of piperidine rings is 1. The smallest absolute Gasteiger partial charge is 0.435 e. The Kier molecular flexibility index (Phi) is 7.21. The minimum atomic E-state index is -0.699. The van der Waals surface area contributed by atoms with Crippen molar-refractivity contribution in [3.63, 3.8) is 0 Å². The van der Waals surface area contributed by atoms with Crippen molar-refractivity contribution >= 4 is 34.6 Å². The van der Waals surface area contributed by atoms with Gasteiger partial charge in [0.2, 0.25) is 0 Å². The number of amides is 1. The Morgan fingerprint density at radius 1 is 1.03 bits per heavy atom. The number of nitrogens with zero attached hydrogens (tertiary/aromatic N) is 4. The molecule has 0 saturated carbocycles. The number of carbonyl (C=O) groups is 2. The summed E-state index contributed by atoms with van der Waals surface area (Å²) in [6, 6.07) is 5.16. The van der Waals surface area contributed by atoms with E-state index in [1.807, 2.05) is 20.8 Å². The molecule has 1 aromatic heterocycles. The first kappa shape index (κ1) is 24.8. The van der Waals surface area contributed by atoms with Gasteiger partial charge in [-0.05, 0) is 85.7 Å². The van der Waals surface area contributed by atoms with Gasteiger partial charge < -0.3 is 20.1 Å². The van der Waals surface area contributed by atoms with Crippen LogP contribution in [0, 0.1) is 0 Å². The average Bonchev–Trinajstić information content (AvgIpc) is 3.05. The fraction of sp³-hybridized carbons (Fsp3) is 0.625. The molecule has 9 heteroatoms. The van der Waals surface area contributed by atoms with Gasteiger partial charge in [0.15, 0.2) is 5.82 Å². The first-order chi connectivity index (χ1) is 15.3. The predicted octanol–water partition coefficient (Wildman–Crippen LogP) is 4.63. The maximum Gasteiger partial charge on any atom is 0.435 e.